The topological polar surface area (TPSA) is 49.0 Å². The Morgan fingerprint density at radius 3 is 1.61 bits per heavy atom. The molecule has 1 N–H and O–H groups in total. The Labute approximate surface area is 198 Å². The van der Waals surface area contributed by atoms with E-state index in [9.17, 15) is 0 Å². The molecule has 2 aromatic rings. The van der Waals surface area contributed by atoms with Gasteiger partial charge in [-0.3, -0.25) is 0 Å². The lowest BCUT2D eigenvalue weighted by molar-refractivity contribution is 0.00945. The number of ether oxygens (including phenoxy) is 4. The molecular weight excluding hydrogens is 414 g/mol. The third-order valence-corrected chi connectivity index (χ3v) is 4.58. The van der Waals surface area contributed by atoms with Gasteiger partial charge in [-0.05, 0) is 41.8 Å². The molecule has 0 atom stereocenters. The molecule has 0 aliphatic rings. The summed E-state index contributed by atoms with van der Waals surface area (Å²) in [4.78, 5) is 0. The summed E-state index contributed by atoms with van der Waals surface area (Å²) >= 11 is 0. The highest BCUT2D eigenvalue weighted by Crippen LogP contribution is 2.13. The Bertz CT molecular complexity index is 826. The second-order valence-electron chi connectivity index (χ2n) is 7.23. The quantitative estimate of drug-likeness (QED) is 0.241. The molecule has 0 saturated heterocycles. The fraction of sp³-hybridized carbons (Fsp3) is 0.357. The highest BCUT2D eigenvalue weighted by Gasteiger charge is 1.95. The Hall–Kier alpha value is -2.86. The summed E-state index contributed by atoms with van der Waals surface area (Å²) in [5, 5.41) is 3.12. The van der Waals surface area contributed by atoms with Crippen LogP contribution in [0.25, 0.3) is 12.2 Å². The summed E-state index contributed by atoms with van der Waals surface area (Å²) in [6, 6.07) is 16.3. The van der Waals surface area contributed by atoms with E-state index < -0.39 is 0 Å². The van der Waals surface area contributed by atoms with E-state index in [1.54, 1.807) is 0 Å². The van der Waals surface area contributed by atoms with Crippen molar-refractivity contribution in [2.45, 2.75) is 13.3 Å². The lowest BCUT2D eigenvalue weighted by Gasteiger charge is -2.08. The summed E-state index contributed by atoms with van der Waals surface area (Å²) in [6.45, 7) is 6.32. The summed E-state index contributed by atoms with van der Waals surface area (Å²) in [6.07, 6.45) is 13.3. The van der Waals surface area contributed by atoms with Gasteiger partial charge in [0.25, 0.3) is 0 Å². The predicted molar refractivity (Wildman–Crippen MR) is 138 cm³/mol. The van der Waals surface area contributed by atoms with Crippen LogP contribution in [0.4, 0.5) is 5.69 Å². The summed E-state index contributed by atoms with van der Waals surface area (Å²) < 4.78 is 22.0. The number of rotatable bonds is 17. The lowest BCUT2D eigenvalue weighted by atomic mass is 10.2. The van der Waals surface area contributed by atoms with Gasteiger partial charge in [-0.1, -0.05) is 67.6 Å². The van der Waals surface area contributed by atoms with Gasteiger partial charge in [-0.25, -0.2) is 0 Å². The fourth-order valence-electron chi connectivity index (χ4n) is 2.80. The molecule has 0 bridgehead atoms. The Morgan fingerprint density at radius 1 is 0.606 bits per heavy atom. The fourth-order valence-corrected chi connectivity index (χ4v) is 2.80. The van der Waals surface area contributed by atoms with Crippen LogP contribution in [0.1, 0.15) is 24.5 Å². The average molecular weight is 452 g/mol. The van der Waals surface area contributed by atoms with Crippen LogP contribution < -0.4 is 10.1 Å². The first-order valence-corrected chi connectivity index (χ1v) is 11.6. The minimum absolute atomic E-state index is 0.515. The van der Waals surface area contributed by atoms with Crippen LogP contribution in [0.5, 0.6) is 5.75 Å². The van der Waals surface area contributed by atoms with Crippen molar-refractivity contribution in [3.8, 4) is 5.75 Å². The van der Waals surface area contributed by atoms with E-state index in [-0.39, 0.29) is 0 Å². The van der Waals surface area contributed by atoms with Crippen molar-refractivity contribution in [1.82, 2.24) is 0 Å². The zero-order valence-corrected chi connectivity index (χ0v) is 19.9. The van der Waals surface area contributed by atoms with Crippen LogP contribution in [0, 0.1) is 0 Å². The Balaban J connectivity index is 1.55. The molecule has 178 valence electrons. The van der Waals surface area contributed by atoms with E-state index in [0.717, 1.165) is 30.0 Å². The number of hydrogen-bond acceptors (Lipinski definition) is 5. The SMILES string of the molecule is CCCOCCOCCOCCOc1ccc(/C=C/C=C/C=C/c2ccc(NC)cc2)cc1. The zero-order chi connectivity index (χ0) is 23.4. The summed E-state index contributed by atoms with van der Waals surface area (Å²) in [5.74, 6) is 0.836. The van der Waals surface area contributed by atoms with Crippen molar-refractivity contribution in [2.75, 3.05) is 58.6 Å². The van der Waals surface area contributed by atoms with Crippen molar-refractivity contribution >= 4 is 17.8 Å². The maximum absolute atomic E-state index is 5.71. The van der Waals surface area contributed by atoms with E-state index in [1.807, 2.05) is 55.6 Å². The first-order chi connectivity index (χ1) is 16.3. The van der Waals surface area contributed by atoms with Crippen molar-refractivity contribution in [3.63, 3.8) is 0 Å². The van der Waals surface area contributed by atoms with Gasteiger partial charge in [0.15, 0.2) is 0 Å². The molecule has 0 spiro atoms. The summed E-state index contributed by atoms with van der Waals surface area (Å²) in [7, 11) is 1.92. The van der Waals surface area contributed by atoms with E-state index in [4.69, 9.17) is 18.9 Å². The third kappa shape index (κ3) is 12.7. The maximum Gasteiger partial charge on any atom is 0.119 e. The molecular formula is C28H37NO4. The van der Waals surface area contributed by atoms with Crippen LogP contribution in [-0.2, 0) is 14.2 Å². The first kappa shape index (κ1) is 26.4. The summed E-state index contributed by atoms with van der Waals surface area (Å²) in [5.41, 5.74) is 3.40. The molecule has 33 heavy (non-hydrogen) atoms. The molecule has 0 radical (unpaired) electrons. The van der Waals surface area contributed by atoms with Crippen molar-refractivity contribution in [1.29, 1.82) is 0 Å². The van der Waals surface area contributed by atoms with Gasteiger partial charge in [0.1, 0.15) is 12.4 Å². The molecule has 0 heterocycles. The zero-order valence-electron chi connectivity index (χ0n) is 19.9. The highest BCUT2D eigenvalue weighted by atomic mass is 16.6. The molecule has 2 rings (SSSR count). The van der Waals surface area contributed by atoms with Crippen molar-refractivity contribution < 1.29 is 18.9 Å². The number of nitrogens with one attached hydrogen (secondary N) is 1. The third-order valence-electron chi connectivity index (χ3n) is 4.58. The minimum atomic E-state index is 0.515. The smallest absolute Gasteiger partial charge is 0.119 e. The van der Waals surface area contributed by atoms with Crippen molar-refractivity contribution in [2.24, 2.45) is 0 Å². The first-order valence-electron chi connectivity index (χ1n) is 11.6. The number of hydrogen-bond donors (Lipinski definition) is 1. The van der Waals surface area contributed by atoms with Crippen LogP contribution in [-0.4, -0.2) is 53.3 Å². The van der Waals surface area contributed by atoms with Gasteiger partial charge in [0.05, 0.1) is 33.0 Å². The standard InChI is InChI=1S/C28H37NO4/c1-3-18-30-19-20-31-21-22-32-23-24-33-28-16-12-26(13-17-28)9-7-5-4-6-8-25-10-14-27(29-2)15-11-25/h4-17,29H,3,18-24H2,1-2H3/b5-4+,8-6+,9-7+. The van der Waals surface area contributed by atoms with E-state index in [0.29, 0.717) is 39.6 Å². The molecule has 2 aromatic carbocycles. The molecule has 5 heteroatoms. The lowest BCUT2D eigenvalue weighted by Crippen LogP contribution is -2.12. The van der Waals surface area contributed by atoms with Crippen LogP contribution in [0.15, 0.2) is 72.8 Å². The van der Waals surface area contributed by atoms with Gasteiger partial charge in [-0.15, -0.1) is 0 Å². The van der Waals surface area contributed by atoms with E-state index in [2.05, 4.69) is 48.7 Å². The van der Waals surface area contributed by atoms with E-state index >= 15 is 0 Å². The van der Waals surface area contributed by atoms with Crippen LogP contribution >= 0.6 is 0 Å². The molecule has 0 aliphatic heterocycles. The maximum atomic E-state index is 5.71. The second kappa shape index (κ2) is 17.7. The molecule has 0 aromatic heterocycles. The van der Waals surface area contributed by atoms with Gasteiger partial charge < -0.3 is 24.3 Å². The number of anilines is 1. The Kier molecular flexibility index (Phi) is 14.1. The van der Waals surface area contributed by atoms with Crippen LogP contribution in [0.3, 0.4) is 0 Å². The molecule has 0 unspecified atom stereocenters. The highest BCUT2D eigenvalue weighted by molar-refractivity contribution is 5.56. The molecule has 5 nitrogen and oxygen atoms in total. The minimum Gasteiger partial charge on any atom is -0.491 e. The van der Waals surface area contributed by atoms with Crippen molar-refractivity contribution in [3.05, 3.63) is 84.0 Å². The molecule has 0 saturated carbocycles. The average Bonchev–Trinajstić information content (AvgIpc) is 2.86. The predicted octanol–water partition coefficient (Wildman–Crippen LogP) is 5.85. The second-order valence-corrected chi connectivity index (χ2v) is 7.23. The normalized spacial score (nSPS) is 11.7. The monoisotopic (exact) mass is 451 g/mol. The van der Waals surface area contributed by atoms with Gasteiger partial charge in [0, 0.05) is 19.3 Å². The number of benzene rings is 2. The van der Waals surface area contributed by atoms with Crippen LogP contribution in [0.2, 0.25) is 0 Å². The molecule has 0 aliphatic carbocycles. The van der Waals surface area contributed by atoms with Gasteiger partial charge in [-0.2, -0.15) is 0 Å². The molecule has 0 amide bonds. The van der Waals surface area contributed by atoms with E-state index in [1.165, 1.54) is 5.56 Å². The van der Waals surface area contributed by atoms with Gasteiger partial charge in [0.2, 0.25) is 0 Å². The Morgan fingerprint density at radius 2 is 1.09 bits per heavy atom. The van der Waals surface area contributed by atoms with Gasteiger partial charge >= 0.3 is 0 Å². The molecule has 0 fully saturated rings. The largest absolute Gasteiger partial charge is 0.491 e. The number of allylic oxidation sites excluding steroid dienone is 4.